The number of piperazine rings is 1. The molecule has 5 nitrogen and oxygen atoms in total. The number of fused-ring (bicyclic) bond motifs is 1. The standard InChI is InChI=1S/C21H23N3O2/c1-16-6-2-3-7-17(16)14-22-10-12-23(13-11-22)15-24-19-9-5-4-8-18(19)20(25)21(24)26/h2-9H,10-15H2,1H3/p+2. The van der Waals surface area contributed by atoms with Gasteiger partial charge in [0.05, 0.1) is 11.3 Å². The summed E-state index contributed by atoms with van der Waals surface area (Å²) in [5, 5.41) is 0. The number of carbonyl (C=O) groups is 2. The predicted molar refractivity (Wildman–Crippen MR) is 99.4 cm³/mol. The summed E-state index contributed by atoms with van der Waals surface area (Å²) in [4.78, 5) is 29.1. The summed E-state index contributed by atoms with van der Waals surface area (Å²) >= 11 is 0. The molecule has 0 saturated carbocycles. The molecule has 0 aromatic heterocycles. The van der Waals surface area contributed by atoms with Crippen LogP contribution in [0.4, 0.5) is 5.69 Å². The summed E-state index contributed by atoms with van der Waals surface area (Å²) in [7, 11) is 0. The van der Waals surface area contributed by atoms with Crippen LogP contribution in [0.5, 0.6) is 0 Å². The third-order valence-electron chi connectivity index (χ3n) is 5.63. The minimum absolute atomic E-state index is 0.371. The summed E-state index contributed by atoms with van der Waals surface area (Å²) in [6.07, 6.45) is 0. The first kappa shape index (κ1) is 16.9. The number of aryl methyl sites for hydroxylation is 1. The van der Waals surface area contributed by atoms with Crippen molar-refractivity contribution in [3.05, 3.63) is 65.2 Å². The molecule has 2 aliphatic heterocycles. The number of amides is 1. The fourth-order valence-electron chi connectivity index (χ4n) is 4.00. The first-order valence-electron chi connectivity index (χ1n) is 9.30. The van der Waals surface area contributed by atoms with Gasteiger partial charge in [0.15, 0.2) is 6.67 Å². The maximum atomic E-state index is 12.3. The minimum Gasteiger partial charge on any atom is -0.322 e. The van der Waals surface area contributed by atoms with Crippen LogP contribution in [0.1, 0.15) is 21.5 Å². The molecule has 1 amide bonds. The molecule has 2 aromatic rings. The van der Waals surface area contributed by atoms with Gasteiger partial charge in [-0.2, -0.15) is 0 Å². The lowest BCUT2D eigenvalue weighted by Gasteiger charge is -2.32. The van der Waals surface area contributed by atoms with Gasteiger partial charge in [0.2, 0.25) is 0 Å². The first-order chi connectivity index (χ1) is 12.6. The number of rotatable bonds is 4. The Balaban J connectivity index is 1.37. The zero-order valence-corrected chi connectivity index (χ0v) is 15.1. The largest absolute Gasteiger partial charge is 0.322 e. The van der Waals surface area contributed by atoms with Crippen molar-refractivity contribution in [1.29, 1.82) is 0 Å². The lowest BCUT2D eigenvalue weighted by molar-refractivity contribution is -1.02. The van der Waals surface area contributed by atoms with Crippen molar-refractivity contribution < 1.29 is 19.4 Å². The van der Waals surface area contributed by atoms with Gasteiger partial charge < -0.3 is 9.80 Å². The van der Waals surface area contributed by atoms with Crippen LogP contribution >= 0.6 is 0 Å². The van der Waals surface area contributed by atoms with Gasteiger partial charge >= 0.3 is 5.91 Å². The Bertz CT molecular complexity index is 841. The van der Waals surface area contributed by atoms with E-state index in [-0.39, 0.29) is 11.7 Å². The molecule has 0 spiro atoms. The second-order valence-corrected chi connectivity index (χ2v) is 7.34. The van der Waals surface area contributed by atoms with E-state index in [0.717, 1.165) is 38.4 Å². The normalized spacial score (nSPS) is 22.6. The van der Waals surface area contributed by atoms with Gasteiger partial charge in [0, 0.05) is 5.56 Å². The number of nitrogens with zero attached hydrogens (tertiary/aromatic N) is 1. The molecule has 26 heavy (non-hydrogen) atoms. The molecule has 2 N–H and O–H groups in total. The van der Waals surface area contributed by atoms with Crippen molar-refractivity contribution >= 4 is 17.4 Å². The molecular formula is C21H25N3O2+2. The summed E-state index contributed by atoms with van der Waals surface area (Å²) < 4.78 is 0. The Morgan fingerprint density at radius 3 is 2.31 bits per heavy atom. The number of benzene rings is 2. The van der Waals surface area contributed by atoms with Crippen LogP contribution in [0.15, 0.2) is 48.5 Å². The van der Waals surface area contributed by atoms with Crippen LogP contribution in [0.25, 0.3) is 0 Å². The Hall–Kier alpha value is -2.50. The topological polar surface area (TPSA) is 46.3 Å². The van der Waals surface area contributed by atoms with E-state index < -0.39 is 0 Å². The fourth-order valence-corrected chi connectivity index (χ4v) is 4.00. The first-order valence-corrected chi connectivity index (χ1v) is 9.30. The lowest BCUT2D eigenvalue weighted by Crippen LogP contribution is -3.28. The van der Waals surface area contributed by atoms with E-state index in [1.165, 1.54) is 16.0 Å². The van der Waals surface area contributed by atoms with Crippen molar-refractivity contribution in [2.24, 2.45) is 0 Å². The van der Waals surface area contributed by atoms with Gasteiger partial charge in [-0.15, -0.1) is 0 Å². The van der Waals surface area contributed by atoms with E-state index in [9.17, 15) is 9.59 Å². The van der Waals surface area contributed by atoms with Gasteiger partial charge in [-0.05, 0) is 24.6 Å². The highest BCUT2D eigenvalue weighted by Gasteiger charge is 2.38. The lowest BCUT2D eigenvalue weighted by atomic mass is 10.1. The Morgan fingerprint density at radius 2 is 1.54 bits per heavy atom. The van der Waals surface area contributed by atoms with E-state index in [4.69, 9.17) is 0 Å². The molecule has 1 fully saturated rings. The highest BCUT2D eigenvalue weighted by atomic mass is 16.2. The SMILES string of the molecule is Cc1ccccc1C[NH+]1CC[NH+](CN2C(=O)C(=O)c3ccccc32)CC1. The van der Waals surface area contributed by atoms with Crippen molar-refractivity contribution in [2.75, 3.05) is 37.7 Å². The number of carbonyl (C=O) groups excluding carboxylic acids is 2. The van der Waals surface area contributed by atoms with Gasteiger partial charge in [-0.3, -0.25) is 14.5 Å². The third kappa shape index (κ3) is 3.16. The molecule has 2 aliphatic rings. The number of hydrogen-bond donors (Lipinski definition) is 2. The highest BCUT2D eigenvalue weighted by Crippen LogP contribution is 2.27. The second-order valence-electron chi connectivity index (χ2n) is 7.34. The number of Topliss-reactive ketones (excluding diaryl/α,β-unsaturated/α-hetero) is 1. The number of nitrogens with one attached hydrogen (secondary N) is 2. The van der Waals surface area contributed by atoms with Crippen molar-refractivity contribution in [2.45, 2.75) is 13.5 Å². The molecule has 0 radical (unpaired) electrons. The average molecular weight is 351 g/mol. The number of quaternary nitrogens is 2. The molecule has 2 heterocycles. The van der Waals surface area contributed by atoms with Gasteiger partial charge in [0.1, 0.15) is 32.7 Å². The second kappa shape index (κ2) is 7.02. The molecule has 134 valence electrons. The smallest absolute Gasteiger partial charge is 0.303 e. The van der Waals surface area contributed by atoms with Crippen LogP contribution in [-0.2, 0) is 11.3 Å². The van der Waals surface area contributed by atoms with Crippen molar-refractivity contribution in [3.63, 3.8) is 0 Å². The summed E-state index contributed by atoms with van der Waals surface area (Å²) in [5.74, 6) is -0.753. The van der Waals surface area contributed by atoms with Crippen LogP contribution in [0.2, 0.25) is 0 Å². The van der Waals surface area contributed by atoms with E-state index >= 15 is 0 Å². The number of para-hydroxylation sites is 1. The molecular weight excluding hydrogens is 326 g/mol. The number of anilines is 1. The predicted octanol–water partition coefficient (Wildman–Crippen LogP) is -0.535. The fraction of sp³-hybridized carbons (Fsp3) is 0.333. The highest BCUT2D eigenvalue weighted by molar-refractivity contribution is 6.52. The van der Waals surface area contributed by atoms with E-state index in [2.05, 4.69) is 31.2 Å². The summed E-state index contributed by atoms with van der Waals surface area (Å²) in [6, 6.07) is 15.9. The molecule has 0 atom stereocenters. The Morgan fingerprint density at radius 1 is 0.885 bits per heavy atom. The van der Waals surface area contributed by atoms with E-state index in [0.29, 0.717) is 12.2 Å². The van der Waals surface area contributed by atoms with Crippen LogP contribution in [0.3, 0.4) is 0 Å². The minimum atomic E-state index is -0.381. The van der Waals surface area contributed by atoms with Crippen LogP contribution < -0.4 is 14.7 Å². The number of ketones is 1. The van der Waals surface area contributed by atoms with Gasteiger partial charge in [0.25, 0.3) is 5.78 Å². The number of hydrogen-bond acceptors (Lipinski definition) is 2. The van der Waals surface area contributed by atoms with E-state index in [1.807, 2.05) is 18.2 Å². The van der Waals surface area contributed by atoms with Crippen molar-refractivity contribution in [3.8, 4) is 0 Å². The molecule has 1 saturated heterocycles. The maximum absolute atomic E-state index is 12.3. The Labute approximate surface area is 153 Å². The third-order valence-corrected chi connectivity index (χ3v) is 5.63. The quantitative estimate of drug-likeness (QED) is 0.728. The summed E-state index contributed by atoms with van der Waals surface area (Å²) in [5.41, 5.74) is 4.08. The van der Waals surface area contributed by atoms with E-state index in [1.54, 1.807) is 15.9 Å². The average Bonchev–Trinajstić information content (AvgIpc) is 2.90. The Kier molecular flexibility index (Phi) is 4.57. The van der Waals surface area contributed by atoms with Crippen LogP contribution in [-0.4, -0.2) is 44.5 Å². The molecule has 0 aliphatic carbocycles. The maximum Gasteiger partial charge on any atom is 0.303 e. The van der Waals surface area contributed by atoms with Gasteiger partial charge in [-0.25, -0.2) is 0 Å². The zero-order chi connectivity index (χ0) is 18.1. The molecule has 5 heteroatoms. The molecule has 2 aromatic carbocycles. The monoisotopic (exact) mass is 351 g/mol. The zero-order valence-electron chi connectivity index (χ0n) is 15.1. The van der Waals surface area contributed by atoms with Gasteiger partial charge in [-0.1, -0.05) is 36.4 Å². The summed E-state index contributed by atoms with van der Waals surface area (Å²) in [6.45, 7) is 8.01. The molecule has 0 bridgehead atoms. The van der Waals surface area contributed by atoms with Crippen LogP contribution in [0, 0.1) is 6.92 Å². The van der Waals surface area contributed by atoms with Crippen molar-refractivity contribution in [1.82, 2.24) is 0 Å². The molecule has 4 rings (SSSR count). The molecule has 0 unspecified atom stereocenters.